The van der Waals surface area contributed by atoms with Gasteiger partial charge in [-0.25, -0.2) is 13.1 Å². The fraction of sp³-hybridized carbons (Fsp3) is 0.0526. The van der Waals surface area contributed by atoms with E-state index >= 15 is 0 Å². The van der Waals surface area contributed by atoms with Crippen LogP contribution in [-0.2, 0) is 14.6 Å². The number of carbonyl (C=O) groups is 1. The third kappa shape index (κ3) is 4.46. The molecule has 0 spiro atoms. The molecule has 0 atom stereocenters. The Hall–Kier alpha value is -3.19. The van der Waals surface area contributed by atoms with Crippen molar-refractivity contribution in [2.24, 2.45) is 0 Å². The van der Waals surface area contributed by atoms with Crippen LogP contribution in [0, 0.1) is 0 Å². The third-order valence-corrected chi connectivity index (χ3v) is 4.69. The normalized spacial score (nSPS) is 11.6. The number of para-hydroxylation sites is 1. The predicted octanol–water partition coefficient (Wildman–Crippen LogP) is 2.93. The highest BCUT2D eigenvalue weighted by Gasteiger charge is 2.08. The molecule has 0 aliphatic heterocycles. The smallest absolute Gasteiger partial charge is 0.248 e. The fourth-order valence-electron chi connectivity index (χ4n) is 2.31. The molecule has 1 N–H and O–H groups in total. The highest BCUT2D eigenvalue weighted by Crippen LogP contribution is 2.15. The van der Waals surface area contributed by atoms with Crippen molar-refractivity contribution in [3.05, 3.63) is 78.6 Å². The molecule has 0 bridgehead atoms. The number of nitrogens with zero attached hydrogens (tertiary/aromatic N) is 2. The van der Waals surface area contributed by atoms with Gasteiger partial charge in [0.2, 0.25) is 5.91 Å². The second-order valence-electron chi connectivity index (χ2n) is 5.68. The molecule has 0 fully saturated rings. The largest absolute Gasteiger partial charge is 0.322 e. The molecule has 1 aromatic heterocycles. The van der Waals surface area contributed by atoms with Crippen molar-refractivity contribution in [1.29, 1.82) is 0 Å². The van der Waals surface area contributed by atoms with E-state index in [-0.39, 0.29) is 10.8 Å². The molecule has 0 aliphatic carbocycles. The summed E-state index contributed by atoms with van der Waals surface area (Å²) >= 11 is 0. The molecule has 0 radical (unpaired) electrons. The van der Waals surface area contributed by atoms with E-state index in [1.165, 1.54) is 18.2 Å². The molecular weight excluding hydrogens is 350 g/mol. The van der Waals surface area contributed by atoms with E-state index in [9.17, 15) is 13.2 Å². The number of carbonyl (C=O) groups excluding carboxylic acids is 1. The molecule has 6 nitrogen and oxygen atoms in total. The van der Waals surface area contributed by atoms with Crippen LogP contribution in [0.3, 0.4) is 0 Å². The minimum atomic E-state index is -3.32. The van der Waals surface area contributed by atoms with E-state index in [4.69, 9.17) is 0 Å². The summed E-state index contributed by atoms with van der Waals surface area (Å²) in [6.07, 6.45) is 7.60. The molecule has 132 valence electrons. The Morgan fingerprint density at radius 1 is 1.12 bits per heavy atom. The van der Waals surface area contributed by atoms with Crippen LogP contribution in [-0.4, -0.2) is 30.4 Å². The summed E-state index contributed by atoms with van der Waals surface area (Å²) in [5.41, 5.74) is 2.12. The van der Waals surface area contributed by atoms with Gasteiger partial charge in [-0.3, -0.25) is 4.79 Å². The zero-order chi connectivity index (χ0) is 18.6. The Morgan fingerprint density at radius 2 is 1.88 bits per heavy atom. The van der Waals surface area contributed by atoms with Crippen molar-refractivity contribution in [3.63, 3.8) is 0 Å². The first-order valence-corrected chi connectivity index (χ1v) is 9.70. The highest BCUT2D eigenvalue weighted by molar-refractivity contribution is 7.90. The van der Waals surface area contributed by atoms with Gasteiger partial charge in [0, 0.05) is 29.8 Å². The number of rotatable bonds is 5. The number of aromatic nitrogens is 2. The van der Waals surface area contributed by atoms with Gasteiger partial charge in [0.15, 0.2) is 9.84 Å². The summed E-state index contributed by atoms with van der Waals surface area (Å²) < 4.78 is 24.8. The summed E-state index contributed by atoms with van der Waals surface area (Å²) in [4.78, 5) is 12.2. The van der Waals surface area contributed by atoms with Crippen LogP contribution in [0.5, 0.6) is 0 Å². The molecule has 3 rings (SSSR count). The van der Waals surface area contributed by atoms with Gasteiger partial charge in [0.25, 0.3) is 0 Å². The van der Waals surface area contributed by atoms with E-state index in [1.807, 2.05) is 36.5 Å². The molecule has 2 aromatic carbocycles. The molecule has 7 heteroatoms. The van der Waals surface area contributed by atoms with Crippen molar-refractivity contribution in [1.82, 2.24) is 9.78 Å². The van der Waals surface area contributed by atoms with Gasteiger partial charge in [0.1, 0.15) is 0 Å². The maximum Gasteiger partial charge on any atom is 0.248 e. The number of amides is 1. The topological polar surface area (TPSA) is 81.1 Å². The lowest BCUT2D eigenvalue weighted by Crippen LogP contribution is -2.08. The van der Waals surface area contributed by atoms with Crippen molar-refractivity contribution < 1.29 is 13.2 Å². The molecule has 1 amide bonds. The molecule has 26 heavy (non-hydrogen) atoms. The number of nitrogens with one attached hydrogen (secondary N) is 1. The van der Waals surface area contributed by atoms with Gasteiger partial charge in [-0.2, -0.15) is 5.10 Å². The SMILES string of the molecule is CS(=O)(=O)c1cccc(NC(=O)/C=C/c2cnn(-c3ccccc3)c2)c1. The zero-order valence-corrected chi connectivity index (χ0v) is 14.8. The predicted molar refractivity (Wildman–Crippen MR) is 101 cm³/mol. The van der Waals surface area contributed by atoms with Crippen molar-refractivity contribution in [2.45, 2.75) is 4.90 Å². The van der Waals surface area contributed by atoms with Gasteiger partial charge in [0.05, 0.1) is 16.8 Å². The number of benzene rings is 2. The second-order valence-corrected chi connectivity index (χ2v) is 7.69. The van der Waals surface area contributed by atoms with E-state index in [0.29, 0.717) is 5.69 Å². The summed E-state index contributed by atoms with van der Waals surface area (Å²) in [5, 5.41) is 6.90. The van der Waals surface area contributed by atoms with Crippen molar-refractivity contribution >= 4 is 27.5 Å². The molecule has 0 saturated heterocycles. The van der Waals surface area contributed by atoms with E-state index in [1.54, 1.807) is 29.1 Å². The van der Waals surface area contributed by atoms with E-state index < -0.39 is 9.84 Å². The monoisotopic (exact) mass is 367 g/mol. The third-order valence-electron chi connectivity index (χ3n) is 3.58. The van der Waals surface area contributed by atoms with Crippen LogP contribution in [0.1, 0.15) is 5.56 Å². The minimum Gasteiger partial charge on any atom is -0.322 e. The van der Waals surface area contributed by atoms with Gasteiger partial charge in [-0.15, -0.1) is 0 Å². The van der Waals surface area contributed by atoms with Gasteiger partial charge in [-0.1, -0.05) is 24.3 Å². The molecule has 0 saturated carbocycles. The Bertz CT molecular complexity index is 1050. The highest BCUT2D eigenvalue weighted by atomic mass is 32.2. The number of sulfone groups is 1. The summed E-state index contributed by atoms with van der Waals surface area (Å²) in [7, 11) is -3.32. The van der Waals surface area contributed by atoms with Crippen molar-refractivity contribution in [2.75, 3.05) is 11.6 Å². The quantitative estimate of drug-likeness (QED) is 0.703. The molecular formula is C19H17N3O3S. The van der Waals surface area contributed by atoms with Gasteiger partial charge < -0.3 is 5.32 Å². The van der Waals surface area contributed by atoms with Crippen molar-refractivity contribution in [3.8, 4) is 5.69 Å². The van der Waals surface area contributed by atoms with E-state index in [0.717, 1.165) is 17.5 Å². The fourth-order valence-corrected chi connectivity index (χ4v) is 2.97. The van der Waals surface area contributed by atoms with E-state index in [2.05, 4.69) is 10.4 Å². The lowest BCUT2D eigenvalue weighted by Gasteiger charge is -2.04. The average Bonchev–Trinajstić information content (AvgIpc) is 3.09. The second kappa shape index (κ2) is 7.37. The van der Waals surface area contributed by atoms with Crippen LogP contribution >= 0.6 is 0 Å². The maximum absolute atomic E-state index is 12.0. The van der Waals surface area contributed by atoms with Crippen LogP contribution in [0.25, 0.3) is 11.8 Å². The molecule has 0 aliphatic rings. The summed E-state index contributed by atoms with van der Waals surface area (Å²) in [6.45, 7) is 0. The average molecular weight is 367 g/mol. The minimum absolute atomic E-state index is 0.156. The molecule has 1 heterocycles. The Balaban J connectivity index is 1.68. The first-order valence-electron chi connectivity index (χ1n) is 7.81. The Kier molecular flexibility index (Phi) is 4.99. The maximum atomic E-state index is 12.0. The molecule has 3 aromatic rings. The standard InChI is InChI=1S/C19H17N3O3S/c1-26(24,25)18-9-5-6-16(12-18)21-19(23)11-10-15-13-20-22(14-15)17-7-3-2-4-8-17/h2-14H,1H3,(H,21,23)/b11-10+. The summed E-state index contributed by atoms with van der Waals surface area (Å²) in [5.74, 6) is -0.358. The van der Waals surface area contributed by atoms with Crippen LogP contribution < -0.4 is 5.32 Å². The lowest BCUT2D eigenvalue weighted by atomic mass is 10.3. The molecule has 0 unspecified atom stereocenters. The zero-order valence-electron chi connectivity index (χ0n) is 14.0. The van der Waals surface area contributed by atoms with Crippen LogP contribution in [0.4, 0.5) is 5.69 Å². The van der Waals surface area contributed by atoms with Gasteiger partial charge >= 0.3 is 0 Å². The van der Waals surface area contributed by atoms with Gasteiger partial charge in [-0.05, 0) is 36.4 Å². The summed E-state index contributed by atoms with van der Waals surface area (Å²) in [6, 6.07) is 15.8. The number of anilines is 1. The lowest BCUT2D eigenvalue weighted by molar-refractivity contribution is -0.111. The number of hydrogen-bond donors (Lipinski definition) is 1. The van der Waals surface area contributed by atoms with Crippen LogP contribution in [0.2, 0.25) is 0 Å². The first-order chi connectivity index (χ1) is 12.4. The number of hydrogen-bond acceptors (Lipinski definition) is 4. The van der Waals surface area contributed by atoms with Crippen LogP contribution in [0.15, 0.2) is 78.0 Å². The Morgan fingerprint density at radius 3 is 2.62 bits per heavy atom. The first kappa shape index (κ1) is 17.6. The Labute approximate surface area is 151 Å².